The Morgan fingerprint density at radius 2 is 2.16 bits per heavy atom. The lowest BCUT2D eigenvalue weighted by Gasteiger charge is -2.15. The van der Waals surface area contributed by atoms with Gasteiger partial charge in [-0.3, -0.25) is 14.9 Å². The highest BCUT2D eigenvalue weighted by Gasteiger charge is 2.23. The van der Waals surface area contributed by atoms with Crippen molar-refractivity contribution in [1.29, 1.82) is 5.26 Å². The molecule has 1 aliphatic carbocycles. The van der Waals surface area contributed by atoms with E-state index in [-0.39, 0.29) is 18.4 Å². The molecule has 0 radical (unpaired) electrons. The van der Waals surface area contributed by atoms with Gasteiger partial charge in [0.1, 0.15) is 17.1 Å². The Labute approximate surface area is 156 Å². The number of esters is 1. The number of carbonyl (C=O) groups is 2. The molecule has 1 aliphatic rings. The lowest BCUT2D eigenvalue weighted by atomic mass is 9.96. The molecule has 0 saturated heterocycles. The van der Waals surface area contributed by atoms with Crippen molar-refractivity contribution < 1.29 is 14.3 Å². The normalized spacial score (nSPS) is 14.3. The predicted octanol–water partition coefficient (Wildman–Crippen LogP) is 2.32. The second kappa shape index (κ2) is 9.80. The lowest BCUT2D eigenvalue weighted by molar-refractivity contribution is -0.143. The van der Waals surface area contributed by atoms with Gasteiger partial charge in [0.05, 0.1) is 19.2 Å². The molecule has 1 unspecified atom stereocenters. The molecule has 1 aromatic rings. The minimum Gasteiger partial charge on any atom is -0.468 e. The van der Waals surface area contributed by atoms with Gasteiger partial charge in [0.15, 0.2) is 0 Å². The first-order valence-corrected chi connectivity index (χ1v) is 10.5. The number of nitrogens with zero attached hydrogens (tertiary/aromatic N) is 1. The first-order chi connectivity index (χ1) is 12.1. The minimum atomic E-state index is -0.504. The van der Waals surface area contributed by atoms with Gasteiger partial charge in [-0.2, -0.15) is 17.0 Å². The van der Waals surface area contributed by atoms with Crippen molar-refractivity contribution in [1.82, 2.24) is 5.32 Å². The van der Waals surface area contributed by atoms with Crippen molar-refractivity contribution >= 4 is 40.0 Å². The van der Waals surface area contributed by atoms with Gasteiger partial charge in [0.2, 0.25) is 5.91 Å². The van der Waals surface area contributed by atoms with E-state index in [2.05, 4.69) is 16.7 Å². The van der Waals surface area contributed by atoms with Crippen LogP contribution in [0.2, 0.25) is 0 Å². The summed E-state index contributed by atoms with van der Waals surface area (Å²) in [7, 11) is 1.34. The number of nitrogens with one attached hydrogen (secondary N) is 2. The van der Waals surface area contributed by atoms with Crippen LogP contribution in [0.15, 0.2) is 0 Å². The van der Waals surface area contributed by atoms with Crippen LogP contribution < -0.4 is 10.6 Å². The molecule has 1 atom stereocenters. The summed E-state index contributed by atoms with van der Waals surface area (Å²) in [6.07, 6.45) is 6.65. The van der Waals surface area contributed by atoms with Gasteiger partial charge in [-0.1, -0.05) is 0 Å². The second-order valence-corrected chi connectivity index (χ2v) is 7.90. The van der Waals surface area contributed by atoms with Gasteiger partial charge in [-0.05, 0) is 49.7 Å². The van der Waals surface area contributed by atoms with E-state index in [1.54, 1.807) is 11.8 Å². The predicted molar refractivity (Wildman–Crippen MR) is 101 cm³/mol. The Morgan fingerprint density at radius 3 is 2.84 bits per heavy atom. The molecule has 0 aliphatic heterocycles. The van der Waals surface area contributed by atoms with E-state index in [1.165, 1.54) is 23.3 Å². The summed E-state index contributed by atoms with van der Waals surface area (Å²) in [4.78, 5) is 25.2. The number of nitriles is 1. The molecule has 1 amide bonds. The SMILES string of the molecule is COC(=O)C(CCSC)NCC(=O)Nc1sc2c(c1C#N)CCCC2. The zero-order valence-electron chi connectivity index (χ0n) is 14.5. The summed E-state index contributed by atoms with van der Waals surface area (Å²) in [5.74, 6) is 0.171. The Kier molecular flexibility index (Phi) is 7.75. The fourth-order valence-electron chi connectivity index (χ4n) is 2.84. The van der Waals surface area contributed by atoms with E-state index in [9.17, 15) is 14.9 Å². The molecular formula is C17H23N3O3S2. The molecule has 1 aromatic heterocycles. The van der Waals surface area contributed by atoms with Crippen LogP contribution >= 0.6 is 23.1 Å². The van der Waals surface area contributed by atoms with Crippen LogP contribution in [-0.4, -0.2) is 43.6 Å². The van der Waals surface area contributed by atoms with E-state index in [0.717, 1.165) is 37.0 Å². The molecule has 0 saturated carbocycles. The van der Waals surface area contributed by atoms with Crippen LogP contribution in [0.3, 0.4) is 0 Å². The number of thiophene rings is 1. The standard InChI is InChI=1S/C17H23N3O3S2/c1-23-17(22)13(7-8-24-2)19-10-15(21)20-16-12(9-18)11-5-3-4-6-14(11)25-16/h13,19H,3-8,10H2,1-2H3,(H,20,21). The zero-order chi connectivity index (χ0) is 18.2. The number of fused-ring (bicyclic) bond motifs is 1. The third kappa shape index (κ3) is 5.21. The average molecular weight is 382 g/mol. The fourth-order valence-corrected chi connectivity index (χ4v) is 4.57. The van der Waals surface area contributed by atoms with Crippen LogP contribution in [0.5, 0.6) is 0 Å². The number of amides is 1. The molecule has 0 spiro atoms. The topological polar surface area (TPSA) is 91.2 Å². The second-order valence-electron chi connectivity index (χ2n) is 5.81. The first kappa shape index (κ1) is 19.8. The maximum absolute atomic E-state index is 12.2. The highest BCUT2D eigenvalue weighted by molar-refractivity contribution is 7.98. The monoisotopic (exact) mass is 381 g/mol. The van der Waals surface area contributed by atoms with E-state index >= 15 is 0 Å². The van der Waals surface area contributed by atoms with Crippen molar-refractivity contribution in [2.45, 2.75) is 38.1 Å². The van der Waals surface area contributed by atoms with E-state index in [0.29, 0.717) is 17.0 Å². The Morgan fingerprint density at radius 1 is 1.40 bits per heavy atom. The van der Waals surface area contributed by atoms with Gasteiger partial charge in [0.25, 0.3) is 0 Å². The highest BCUT2D eigenvalue weighted by Crippen LogP contribution is 2.37. The smallest absolute Gasteiger partial charge is 0.322 e. The summed E-state index contributed by atoms with van der Waals surface area (Å²) in [5, 5.41) is 15.8. The molecule has 136 valence electrons. The van der Waals surface area contributed by atoms with Crippen LogP contribution in [0.25, 0.3) is 0 Å². The van der Waals surface area contributed by atoms with E-state index in [4.69, 9.17) is 4.74 Å². The summed E-state index contributed by atoms with van der Waals surface area (Å²) >= 11 is 3.13. The van der Waals surface area contributed by atoms with Gasteiger partial charge in [-0.15, -0.1) is 11.3 Å². The quantitative estimate of drug-likeness (QED) is 0.672. The largest absolute Gasteiger partial charge is 0.468 e. The van der Waals surface area contributed by atoms with Gasteiger partial charge in [0, 0.05) is 4.88 Å². The van der Waals surface area contributed by atoms with Gasteiger partial charge >= 0.3 is 5.97 Å². The Bertz CT molecular complexity index is 667. The van der Waals surface area contributed by atoms with Crippen molar-refractivity contribution in [3.8, 4) is 6.07 Å². The van der Waals surface area contributed by atoms with Crippen LogP contribution in [-0.2, 0) is 27.2 Å². The molecule has 25 heavy (non-hydrogen) atoms. The van der Waals surface area contributed by atoms with Crippen molar-refractivity contribution in [3.05, 3.63) is 16.0 Å². The number of hydrogen-bond donors (Lipinski definition) is 2. The number of carbonyl (C=O) groups excluding carboxylic acids is 2. The number of methoxy groups -OCH3 is 1. The number of thioether (sulfide) groups is 1. The minimum absolute atomic E-state index is 0.00157. The van der Waals surface area contributed by atoms with Crippen molar-refractivity contribution in [2.75, 3.05) is 31.0 Å². The number of rotatable bonds is 8. The number of aryl methyl sites for hydroxylation is 1. The lowest BCUT2D eigenvalue weighted by Crippen LogP contribution is -2.42. The Hall–Kier alpha value is -1.56. The summed E-state index contributed by atoms with van der Waals surface area (Å²) in [5.41, 5.74) is 1.69. The van der Waals surface area contributed by atoms with E-state index in [1.807, 2.05) is 6.26 Å². The zero-order valence-corrected chi connectivity index (χ0v) is 16.1. The molecule has 0 bridgehead atoms. The maximum Gasteiger partial charge on any atom is 0.322 e. The first-order valence-electron chi connectivity index (χ1n) is 8.25. The third-order valence-electron chi connectivity index (χ3n) is 4.14. The molecule has 6 nitrogen and oxygen atoms in total. The van der Waals surface area contributed by atoms with Gasteiger partial charge in [-0.25, -0.2) is 0 Å². The molecule has 0 fully saturated rings. The molecule has 8 heteroatoms. The van der Waals surface area contributed by atoms with Gasteiger partial charge < -0.3 is 10.1 Å². The number of anilines is 1. The maximum atomic E-state index is 12.2. The molecule has 1 heterocycles. The number of ether oxygens (including phenoxy) is 1. The summed E-state index contributed by atoms with van der Waals surface area (Å²) < 4.78 is 4.77. The average Bonchev–Trinajstić information content (AvgIpc) is 2.97. The van der Waals surface area contributed by atoms with Crippen LogP contribution in [0.1, 0.15) is 35.3 Å². The van der Waals surface area contributed by atoms with Crippen LogP contribution in [0.4, 0.5) is 5.00 Å². The van der Waals surface area contributed by atoms with E-state index < -0.39 is 6.04 Å². The Balaban J connectivity index is 1.97. The summed E-state index contributed by atoms with van der Waals surface area (Å²) in [6, 6.07) is 1.72. The molecular weight excluding hydrogens is 358 g/mol. The number of hydrogen-bond acceptors (Lipinski definition) is 7. The summed E-state index contributed by atoms with van der Waals surface area (Å²) in [6.45, 7) is 0.00157. The molecule has 0 aromatic carbocycles. The third-order valence-corrected chi connectivity index (χ3v) is 5.99. The molecule has 2 rings (SSSR count). The highest BCUT2D eigenvalue weighted by atomic mass is 32.2. The molecule has 2 N–H and O–H groups in total. The fraction of sp³-hybridized carbons (Fsp3) is 0.588. The van der Waals surface area contributed by atoms with Crippen LogP contribution in [0, 0.1) is 11.3 Å². The van der Waals surface area contributed by atoms with Crippen molar-refractivity contribution in [2.24, 2.45) is 0 Å². The van der Waals surface area contributed by atoms with Crippen molar-refractivity contribution in [3.63, 3.8) is 0 Å².